The zero-order valence-corrected chi connectivity index (χ0v) is 12.2. The predicted octanol–water partition coefficient (Wildman–Crippen LogP) is 3.95. The molecule has 3 nitrogen and oxygen atoms in total. The van der Waals surface area contributed by atoms with Gasteiger partial charge in [-0.15, -0.1) is 0 Å². The summed E-state index contributed by atoms with van der Waals surface area (Å²) in [4.78, 5) is 21.0. The van der Waals surface area contributed by atoms with E-state index in [1.165, 1.54) is 0 Å². The smallest absolute Gasteiger partial charge is 0.166 e. The minimum atomic E-state index is -0.0320. The van der Waals surface area contributed by atoms with E-state index in [9.17, 15) is 4.79 Å². The van der Waals surface area contributed by atoms with Crippen LogP contribution >= 0.6 is 11.6 Å². The molecule has 1 aliphatic carbocycles. The van der Waals surface area contributed by atoms with Crippen molar-refractivity contribution in [2.24, 2.45) is 5.41 Å². The molecule has 0 spiro atoms. The third kappa shape index (κ3) is 2.46. The van der Waals surface area contributed by atoms with Gasteiger partial charge in [0, 0.05) is 23.2 Å². The summed E-state index contributed by atoms with van der Waals surface area (Å²) in [6, 6.07) is 7.41. The minimum absolute atomic E-state index is 0.0320. The highest BCUT2D eigenvalue weighted by molar-refractivity contribution is 6.30. The minimum Gasteiger partial charge on any atom is -0.294 e. The Bertz CT molecular complexity index is 677. The Hall–Kier alpha value is -1.74. The van der Waals surface area contributed by atoms with Crippen LogP contribution in [0.4, 0.5) is 0 Å². The molecule has 20 heavy (non-hydrogen) atoms. The van der Waals surface area contributed by atoms with Crippen LogP contribution in [0.5, 0.6) is 0 Å². The lowest BCUT2D eigenvalue weighted by Crippen LogP contribution is -2.28. The Labute approximate surface area is 123 Å². The van der Waals surface area contributed by atoms with E-state index in [0.29, 0.717) is 22.8 Å². The van der Waals surface area contributed by atoms with Crippen LogP contribution in [0.25, 0.3) is 11.4 Å². The summed E-state index contributed by atoms with van der Waals surface area (Å²) in [7, 11) is 0. The first-order chi connectivity index (χ1) is 9.44. The average molecular weight is 287 g/mol. The molecule has 0 atom stereocenters. The molecule has 0 fully saturated rings. The van der Waals surface area contributed by atoms with E-state index in [-0.39, 0.29) is 11.2 Å². The summed E-state index contributed by atoms with van der Waals surface area (Å²) in [5.41, 5.74) is 2.40. The van der Waals surface area contributed by atoms with Crippen molar-refractivity contribution in [2.45, 2.75) is 26.7 Å². The highest BCUT2D eigenvalue weighted by Crippen LogP contribution is 2.34. The van der Waals surface area contributed by atoms with Gasteiger partial charge in [0.05, 0.1) is 11.3 Å². The summed E-state index contributed by atoms with van der Waals surface area (Å²) >= 11 is 5.89. The topological polar surface area (TPSA) is 42.9 Å². The molecular weight excluding hydrogens is 272 g/mol. The van der Waals surface area contributed by atoms with Crippen LogP contribution in [0.1, 0.15) is 36.3 Å². The van der Waals surface area contributed by atoms with Crippen molar-refractivity contribution in [3.8, 4) is 11.4 Å². The Kier molecular flexibility index (Phi) is 3.09. The van der Waals surface area contributed by atoms with E-state index < -0.39 is 0 Å². The van der Waals surface area contributed by atoms with E-state index >= 15 is 0 Å². The maximum atomic E-state index is 12.1. The fourth-order valence-corrected chi connectivity index (χ4v) is 2.69. The maximum absolute atomic E-state index is 12.1. The second-order valence-electron chi connectivity index (χ2n) is 6.00. The number of carbonyl (C=O) groups excluding carboxylic acids is 1. The quantitative estimate of drug-likeness (QED) is 0.797. The molecule has 1 heterocycles. The predicted molar refractivity (Wildman–Crippen MR) is 78.9 cm³/mol. The Morgan fingerprint density at radius 3 is 2.55 bits per heavy atom. The summed E-state index contributed by atoms with van der Waals surface area (Å²) in [6.07, 6.45) is 3.02. The van der Waals surface area contributed by atoms with Gasteiger partial charge in [0.25, 0.3) is 0 Å². The van der Waals surface area contributed by atoms with Gasteiger partial charge in [-0.25, -0.2) is 9.97 Å². The number of ketones is 1. The number of aromatic nitrogens is 2. The van der Waals surface area contributed by atoms with Crippen LogP contribution < -0.4 is 0 Å². The molecule has 0 bridgehead atoms. The maximum Gasteiger partial charge on any atom is 0.166 e. The molecule has 0 saturated carbocycles. The summed E-state index contributed by atoms with van der Waals surface area (Å²) in [5, 5.41) is 0.683. The normalized spacial score (nSPS) is 16.9. The lowest BCUT2D eigenvalue weighted by Gasteiger charge is -2.29. The molecule has 1 aromatic carbocycles. The van der Waals surface area contributed by atoms with Gasteiger partial charge >= 0.3 is 0 Å². The number of carbonyl (C=O) groups is 1. The fraction of sp³-hybridized carbons (Fsp3) is 0.312. The number of benzene rings is 1. The fourth-order valence-electron chi connectivity index (χ4n) is 2.57. The van der Waals surface area contributed by atoms with E-state index in [4.69, 9.17) is 11.6 Å². The summed E-state index contributed by atoms with van der Waals surface area (Å²) < 4.78 is 0. The van der Waals surface area contributed by atoms with E-state index in [1.807, 2.05) is 24.3 Å². The zero-order valence-electron chi connectivity index (χ0n) is 11.5. The molecule has 1 aromatic heterocycles. The number of nitrogens with zero attached hydrogens (tertiary/aromatic N) is 2. The molecule has 0 radical (unpaired) electrons. The molecule has 0 saturated heterocycles. The molecular formula is C16H15ClN2O. The van der Waals surface area contributed by atoms with Crippen LogP contribution in [-0.2, 0) is 6.42 Å². The van der Waals surface area contributed by atoms with Crippen LogP contribution in [-0.4, -0.2) is 15.8 Å². The second-order valence-corrected chi connectivity index (χ2v) is 6.44. The molecule has 0 N–H and O–H groups in total. The monoisotopic (exact) mass is 286 g/mol. The van der Waals surface area contributed by atoms with Crippen LogP contribution in [0.3, 0.4) is 0 Å². The van der Waals surface area contributed by atoms with Crippen molar-refractivity contribution in [3.63, 3.8) is 0 Å². The second kappa shape index (κ2) is 4.67. The first-order valence-corrected chi connectivity index (χ1v) is 6.97. The third-order valence-electron chi connectivity index (χ3n) is 3.56. The summed E-state index contributed by atoms with van der Waals surface area (Å²) in [5.74, 6) is 0.782. The van der Waals surface area contributed by atoms with E-state index in [1.54, 1.807) is 6.20 Å². The first-order valence-electron chi connectivity index (χ1n) is 6.60. The number of rotatable bonds is 1. The van der Waals surface area contributed by atoms with Crippen LogP contribution in [0.15, 0.2) is 30.5 Å². The molecule has 3 rings (SSSR count). The third-order valence-corrected chi connectivity index (χ3v) is 3.81. The van der Waals surface area contributed by atoms with Crippen LogP contribution in [0, 0.1) is 5.41 Å². The Balaban J connectivity index is 2.05. The molecule has 0 unspecified atom stereocenters. The largest absolute Gasteiger partial charge is 0.294 e. The van der Waals surface area contributed by atoms with Gasteiger partial charge in [-0.05, 0) is 36.1 Å². The first kappa shape index (κ1) is 13.3. The number of fused-ring (bicyclic) bond motifs is 1. The van der Waals surface area contributed by atoms with Crippen LogP contribution in [0.2, 0.25) is 5.02 Å². The van der Waals surface area contributed by atoms with Gasteiger partial charge in [0.2, 0.25) is 0 Å². The molecule has 1 aliphatic rings. The molecule has 0 aliphatic heterocycles. The van der Waals surface area contributed by atoms with Gasteiger partial charge in [-0.3, -0.25) is 4.79 Å². The van der Waals surface area contributed by atoms with Crippen molar-refractivity contribution < 1.29 is 4.79 Å². The van der Waals surface area contributed by atoms with Crippen molar-refractivity contribution in [3.05, 3.63) is 46.7 Å². The van der Waals surface area contributed by atoms with Gasteiger partial charge in [0.15, 0.2) is 11.6 Å². The van der Waals surface area contributed by atoms with Gasteiger partial charge in [-0.1, -0.05) is 25.4 Å². The SMILES string of the molecule is CC1(C)CC(=O)c2cnc(-c3ccc(Cl)cc3)nc2C1. The number of hydrogen-bond acceptors (Lipinski definition) is 3. The van der Waals surface area contributed by atoms with E-state index in [0.717, 1.165) is 17.7 Å². The molecule has 2 aromatic rings. The Morgan fingerprint density at radius 1 is 1.15 bits per heavy atom. The van der Waals surface area contributed by atoms with E-state index in [2.05, 4.69) is 23.8 Å². The van der Waals surface area contributed by atoms with Crippen molar-refractivity contribution in [2.75, 3.05) is 0 Å². The number of Topliss-reactive ketones (excluding diaryl/α,β-unsaturated/α-hetero) is 1. The van der Waals surface area contributed by atoms with Gasteiger partial charge in [0.1, 0.15) is 0 Å². The Morgan fingerprint density at radius 2 is 1.85 bits per heavy atom. The standard InChI is InChI=1S/C16H15ClN2O/c1-16(2)7-13-12(14(20)8-16)9-18-15(19-13)10-3-5-11(17)6-4-10/h3-6,9H,7-8H2,1-2H3. The van der Waals surface area contributed by atoms with Crippen molar-refractivity contribution >= 4 is 17.4 Å². The lowest BCUT2D eigenvalue weighted by molar-refractivity contribution is 0.0910. The average Bonchev–Trinajstić information content (AvgIpc) is 2.37. The van der Waals surface area contributed by atoms with Crippen molar-refractivity contribution in [1.82, 2.24) is 9.97 Å². The number of halogens is 1. The summed E-state index contributed by atoms with van der Waals surface area (Å²) in [6.45, 7) is 4.19. The lowest BCUT2D eigenvalue weighted by atomic mass is 9.76. The number of hydrogen-bond donors (Lipinski definition) is 0. The molecule has 102 valence electrons. The van der Waals surface area contributed by atoms with Gasteiger partial charge in [-0.2, -0.15) is 0 Å². The van der Waals surface area contributed by atoms with Gasteiger partial charge < -0.3 is 0 Å². The highest BCUT2D eigenvalue weighted by atomic mass is 35.5. The van der Waals surface area contributed by atoms with Crippen molar-refractivity contribution in [1.29, 1.82) is 0 Å². The zero-order chi connectivity index (χ0) is 14.3. The molecule has 0 amide bonds. The molecule has 4 heteroatoms. The highest BCUT2D eigenvalue weighted by Gasteiger charge is 2.32.